The van der Waals surface area contributed by atoms with Crippen LogP contribution in [0.4, 0.5) is 0 Å². The minimum absolute atomic E-state index is 0.151. The first kappa shape index (κ1) is 22.0. The van der Waals surface area contributed by atoms with E-state index in [0.717, 1.165) is 0 Å². The standard InChI is InChI=1S/C23H25N3O5/c1-14(2)13-26-22(29)18-9-6-16(12-19(18)23(26)30)21(28)25-11-10-24-20(27)15-4-7-17(31-3)8-5-15/h4-9,12,14H,10-11,13H2,1-3H3,(H,24,27)(H,25,28). The van der Waals surface area contributed by atoms with Crippen molar-refractivity contribution < 1.29 is 23.9 Å². The van der Waals surface area contributed by atoms with Gasteiger partial charge in [0.25, 0.3) is 23.6 Å². The minimum atomic E-state index is -0.385. The first-order valence-electron chi connectivity index (χ1n) is 10.0. The van der Waals surface area contributed by atoms with Crippen molar-refractivity contribution in [2.24, 2.45) is 5.92 Å². The van der Waals surface area contributed by atoms with E-state index in [1.54, 1.807) is 31.4 Å². The number of imide groups is 1. The van der Waals surface area contributed by atoms with E-state index in [1.807, 2.05) is 13.8 Å². The summed E-state index contributed by atoms with van der Waals surface area (Å²) in [6.07, 6.45) is 0. The van der Waals surface area contributed by atoms with Gasteiger partial charge in [-0.3, -0.25) is 24.1 Å². The summed E-state index contributed by atoms with van der Waals surface area (Å²) in [5, 5.41) is 5.42. The van der Waals surface area contributed by atoms with Crippen molar-refractivity contribution in [3.05, 3.63) is 64.7 Å². The van der Waals surface area contributed by atoms with Crippen LogP contribution in [0.2, 0.25) is 0 Å². The van der Waals surface area contributed by atoms with Gasteiger partial charge in [-0.25, -0.2) is 0 Å². The number of nitrogens with one attached hydrogen (secondary N) is 2. The molecular weight excluding hydrogens is 398 g/mol. The highest BCUT2D eigenvalue weighted by Gasteiger charge is 2.36. The van der Waals surface area contributed by atoms with Gasteiger partial charge in [0.1, 0.15) is 5.75 Å². The minimum Gasteiger partial charge on any atom is -0.497 e. The Bertz CT molecular complexity index is 1010. The summed E-state index contributed by atoms with van der Waals surface area (Å²) in [4.78, 5) is 50.7. The molecule has 1 aliphatic rings. The molecule has 8 nitrogen and oxygen atoms in total. The molecule has 8 heteroatoms. The van der Waals surface area contributed by atoms with Gasteiger partial charge in [0.05, 0.1) is 18.2 Å². The van der Waals surface area contributed by atoms with Crippen LogP contribution in [0.3, 0.4) is 0 Å². The molecule has 4 amide bonds. The fraction of sp³-hybridized carbons (Fsp3) is 0.304. The number of carbonyl (C=O) groups is 4. The zero-order valence-electron chi connectivity index (χ0n) is 17.7. The van der Waals surface area contributed by atoms with Gasteiger partial charge < -0.3 is 15.4 Å². The molecule has 3 rings (SSSR count). The summed E-state index contributed by atoms with van der Waals surface area (Å²) in [7, 11) is 1.55. The number of nitrogens with zero attached hydrogens (tertiary/aromatic N) is 1. The summed E-state index contributed by atoms with van der Waals surface area (Å²) in [6, 6.07) is 11.2. The zero-order valence-corrected chi connectivity index (χ0v) is 17.7. The van der Waals surface area contributed by atoms with Gasteiger partial charge in [-0.1, -0.05) is 13.8 Å². The fourth-order valence-corrected chi connectivity index (χ4v) is 3.26. The van der Waals surface area contributed by atoms with E-state index in [4.69, 9.17) is 4.74 Å². The van der Waals surface area contributed by atoms with Crippen LogP contribution < -0.4 is 15.4 Å². The highest BCUT2D eigenvalue weighted by molar-refractivity contribution is 6.22. The topological polar surface area (TPSA) is 105 Å². The van der Waals surface area contributed by atoms with Crippen LogP contribution in [0.25, 0.3) is 0 Å². The number of methoxy groups -OCH3 is 1. The average molecular weight is 423 g/mol. The summed E-state index contributed by atoms with van der Waals surface area (Å²) >= 11 is 0. The van der Waals surface area contributed by atoms with E-state index in [-0.39, 0.29) is 53.8 Å². The third-order valence-corrected chi connectivity index (χ3v) is 4.83. The summed E-state index contributed by atoms with van der Waals surface area (Å²) in [5.41, 5.74) is 1.33. The number of carbonyl (C=O) groups excluding carboxylic acids is 4. The number of amides is 4. The highest BCUT2D eigenvalue weighted by Crippen LogP contribution is 2.24. The van der Waals surface area contributed by atoms with Crippen LogP contribution in [-0.4, -0.2) is 55.3 Å². The third kappa shape index (κ3) is 4.91. The Morgan fingerprint density at radius 2 is 1.42 bits per heavy atom. The van der Waals surface area contributed by atoms with Crippen molar-refractivity contribution in [1.82, 2.24) is 15.5 Å². The molecule has 0 spiro atoms. The number of hydrogen-bond donors (Lipinski definition) is 2. The predicted octanol–water partition coefficient (Wildman–Crippen LogP) is 2.11. The molecule has 0 radical (unpaired) electrons. The molecule has 1 aliphatic heterocycles. The van der Waals surface area contributed by atoms with Crippen molar-refractivity contribution in [3.8, 4) is 5.75 Å². The maximum Gasteiger partial charge on any atom is 0.261 e. The van der Waals surface area contributed by atoms with Gasteiger partial charge in [0.2, 0.25) is 0 Å². The van der Waals surface area contributed by atoms with E-state index in [0.29, 0.717) is 23.4 Å². The van der Waals surface area contributed by atoms with E-state index >= 15 is 0 Å². The highest BCUT2D eigenvalue weighted by atomic mass is 16.5. The molecular formula is C23H25N3O5. The summed E-state index contributed by atoms with van der Waals surface area (Å²) in [6.45, 7) is 4.64. The molecule has 0 fully saturated rings. The van der Waals surface area contributed by atoms with Gasteiger partial charge in [-0.2, -0.15) is 0 Å². The second kappa shape index (κ2) is 9.42. The number of fused-ring (bicyclic) bond motifs is 1. The lowest BCUT2D eigenvalue weighted by Gasteiger charge is -2.15. The van der Waals surface area contributed by atoms with Crippen LogP contribution in [0.15, 0.2) is 42.5 Å². The van der Waals surface area contributed by atoms with Crippen molar-refractivity contribution in [3.63, 3.8) is 0 Å². The summed E-state index contributed by atoms with van der Waals surface area (Å²) in [5.74, 6) is -0.548. The van der Waals surface area contributed by atoms with Crippen LogP contribution in [0.1, 0.15) is 55.3 Å². The quantitative estimate of drug-likeness (QED) is 0.500. The van der Waals surface area contributed by atoms with E-state index in [9.17, 15) is 19.2 Å². The number of ether oxygens (including phenoxy) is 1. The average Bonchev–Trinajstić information content (AvgIpc) is 3.00. The van der Waals surface area contributed by atoms with Gasteiger partial charge in [-0.05, 0) is 48.4 Å². The van der Waals surface area contributed by atoms with Gasteiger partial charge >= 0.3 is 0 Å². The molecule has 31 heavy (non-hydrogen) atoms. The van der Waals surface area contributed by atoms with Crippen LogP contribution in [0.5, 0.6) is 5.75 Å². The maximum absolute atomic E-state index is 12.5. The lowest BCUT2D eigenvalue weighted by atomic mass is 10.1. The Hall–Kier alpha value is -3.68. The lowest BCUT2D eigenvalue weighted by Crippen LogP contribution is -2.34. The van der Waals surface area contributed by atoms with E-state index in [2.05, 4.69) is 10.6 Å². The zero-order chi connectivity index (χ0) is 22.5. The Morgan fingerprint density at radius 1 is 0.871 bits per heavy atom. The third-order valence-electron chi connectivity index (χ3n) is 4.83. The first-order valence-corrected chi connectivity index (χ1v) is 10.0. The number of hydrogen-bond acceptors (Lipinski definition) is 5. The molecule has 0 aliphatic carbocycles. The molecule has 0 atom stereocenters. The molecule has 1 heterocycles. The molecule has 2 aromatic rings. The monoisotopic (exact) mass is 423 g/mol. The van der Waals surface area contributed by atoms with Crippen LogP contribution in [-0.2, 0) is 0 Å². The van der Waals surface area contributed by atoms with E-state index in [1.165, 1.54) is 23.1 Å². The largest absolute Gasteiger partial charge is 0.497 e. The fourth-order valence-electron chi connectivity index (χ4n) is 3.26. The van der Waals surface area contributed by atoms with Crippen molar-refractivity contribution in [2.75, 3.05) is 26.7 Å². The van der Waals surface area contributed by atoms with Crippen LogP contribution in [0, 0.1) is 5.92 Å². The normalized spacial score (nSPS) is 12.7. The molecule has 2 aromatic carbocycles. The predicted molar refractivity (Wildman–Crippen MR) is 114 cm³/mol. The lowest BCUT2D eigenvalue weighted by molar-refractivity contribution is 0.0635. The molecule has 0 saturated heterocycles. The SMILES string of the molecule is COc1ccc(C(=O)NCCNC(=O)c2ccc3c(c2)C(=O)N(CC(C)C)C3=O)cc1. The van der Waals surface area contributed by atoms with E-state index < -0.39 is 0 Å². The molecule has 0 unspecified atom stereocenters. The first-order chi connectivity index (χ1) is 14.8. The Labute approximate surface area is 180 Å². The number of benzene rings is 2. The summed E-state index contributed by atoms with van der Waals surface area (Å²) < 4.78 is 5.06. The molecule has 162 valence electrons. The van der Waals surface area contributed by atoms with Crippen molar-refractivity contribution >= 4 is 23.6 Å². The molecule has 0 aromatic heterocycles. The number of rotatable bonds is 8. The van der Waals surface area contributed by atoms with Gasteiger partial charge in [-0.15, -0.1) is 0 Å². The Morgan fingerprint density at radius 3 is 2.00 bits per heavy atom. The molecule has 2 N–H and O–H groups in total. The Balaban J connectivity index is 1.54. The van der Waals surface area contributed by atoms with Gasteiger partial charge in [0, 0.05) is 30.8 Å². The second-order valence-corrected chi connectivity index (χ2v) is 7.62. The van der Waals surface area contributed by atoms with Crippen molar-refractivity contribution in [2.45, 2.75) is 13.8 Å². The smallest absolute Gasteiger partial charge is 0.261 e. The van der Waals surface area contributed by atoms with Crippen LogP contribution >= 0.6 is 0 Å². The van der Waals surface area contributed by atoms with Gasteiger partial charge in [0.15, 0.2) is 0 Å². The maximum atomic E-state index is 12.5. The Kier molecular flexibility index (Phi) is 6.69. The molecule has 0 saturated carbocycles. The molecule has 0 bridgehead atoms. The second-order valence-electron chi connectivity index (χ2n) is 7.62. The van der Waals surface area contributed by atoms with Crippen molar-refractivity contribution in [1.29, 1.82) is 0 Å².